The first kappa shape index (κ1) is 19.7. The number of aromatic nitrogens is 3. The predicted octanol–water partition coefficient (Wildman–Crippen LogP) is 1.92. The number of aliphatic hydroxyl groups is 1. The fraction of sp³-hybridized carbons (Fsp3) is 0.250. The average Bonchev–Trinajstić information content (AvgIpc) is 3.21. The molecule has 0 bridgehead atoms. The van der Waals surface area contributed by atoms with E-state index in [2.05, 4.69) is 28.2 Å². The number of nitrogens with zero attached hydrogens (tertiary/aromatic N) is 4. The Morgan fingerprint density at radius 1 is 0.968 bits per heavy atom. The Bertz CT molecular complexity index is 1170. The second kappa shape index (κ2) is 8.45. The van der Waals surface area contributed by atoms with Gasteiger partial charge in [-0.05, 0) is 29.8 Å². The maximum Gasteiger partial charge on any atom is 0.150 e. The van der Waals surface area contributed by atoms with Crippen molar-refractivity contribution in [3.63, 3.8) is 0 Å². The minimum absolute atomic E-state index is 0.214. The van der Waals surface area contributed by atoms with E-state index in [1.54, 1.807) is 18.5 Å². The van der Waals surface area contributed by atoms with Crippen molar-refractivity contribution in [1.82, 2.24) is 14.5 Å². The monoisotopic (exact) mass is 418 g/mol. The lowest BCUT2D eigenvalue weighted by molar-refractivity contribution is -0.900. The third kappa shape index (κ3) is 3.78. The second-order valence-corrected chi connectivity index (χ2v) is 7.86. The van der Waals surface area contributed by atoms with Crippen molar-refractivity contribution in [3.05, 3.63) is 72.9 Å². The predicted molar refractivity (Wildman–Crippen MR) is 119 cm³/mol. The normalized spacial score (nSPS) is 15.0. The molecule has 31 heavy (non-hydrogen) atoms. The standard InChI is InChI=1S/C24H24FN5O/c25-19-6-8-20(9-7-19)30-16-21(18-4-2-1-3-5-18)22-23(26-17-27-24(22)30)29-12-10-28(11-13-29)14-15-31/h1-9,16-17,31H,10-15H2/p+1. The molecule has 0 spiro atoms. The summed E-state index contributed by atoms with van der Waals surface area (Å²) in [6, 6.07) is 16.7. The van der Waals surface area contributed by atoms with Crippen molar-refractivity contribution in [1.29, 1.82) is 0 Å². The number of anilines is 1. The van der Waals surface area contributed by atoms with E-state index in [1.807, 2.05) is 22.8 Å². The first-order chi connectivity index (χ1) is 15.2. The van der Waals surface area contributed by atoms with Crippen LogP contribution in [0.5, 0.6) is 0 Å². The second-order valence-electron chi connectivity index (χ2n) is 7.86. The molecular formula is C24H25FN5O+. The molecule has 2 aromatic carbocycles. The Balaban J connectivity index is 1.65. The van der Waals surface area contributed by atoms with Crippen LogP contribution in [0.1, 0.15) is 0 Å². The number of piperazine rings is 1. The van der Waals surface area contributed by atoms with E-state index in [4.69, 9.17) is 4.98 Å². The summed E-state index contributed by atoms with van der Waals surface area (Å²) in [6.45, 7) is 4.67. The highest BCUT2D eigenvalue weighted by atomic mass is 19.1. The number of aliphatic hydroxyl groups excluding tert-OH is 1. The summed E-state index contributed by atoms with van der Waals surface area (Å²) in [4.78, 5) is 13.0. The minimum atomic E-state index is -0.262. The molecule has 7 heteroatoms. The summed E-state index contributed by atoms with van der Waals surface area (Å²) in [5.74, 6) is 0.662. The lowest BCUT2D eigenvalue weighted by atomic mass is 10.1. The Labute approximate surface area is 180 Å². The maximum atomic E-state index is 13.5. The van der Waals surface area contributed by atoms with Gasteiger partial charge in [-0.15, -0.1) is 0 Å². The molecule has 4 aromatic rings. The molecule has 2 N–H and O–H groups in total. The van der Waals surface area contributed by atoms with Crippen LogP contribution in [-0.4, -0.2) is 59.0 Å². The van der Waals surface area contributed by atoms with Crippen molar-refractivity contribution < 1.29 is 14.4 Å². The molecule has 5 rings (SSSR count). The Morgan fingerprint density at radius 3 is 2.42 bits per heavy atom. The number of benzene rings is 2. The van der Waals surface area contributed by atoms with Crippen LogP contribution >= 0.6 is 0 Å². The fourth-order valence-corrected chi connectivity index (χ4v) is 4.36. The summed E-state index contributed by atoms with van der Waals surface area (Å²) < 4.78 is 15.5. The van der Waals surface area contributed by atoms with Gasteiger partial charge in [0.1, 0.15) is 24.5 Å². The lowest BCUT2D eigenvalue weighted by Crippen LogP contribution is -3.15. The van der Waals surface area contributed by atoms with Crippen LogP contribution in [0, 0.1) is 5.82 Å². The van der Waals surface area contributed by atoms with Gasteiger partial charge in [0.15, 0.2) is 5.65 Å². The summed E-state index contributed by atoms with van der Waals surface area (Å²) in [5.41, 5.74) is 3.81. The summed E-state index contributed by atoms with van der Waals surface area (Å²) in [5, 5.41) is 10.3. The van der Waals surface area contributed by atoms with Crippen LogP contribution in [0.3, 0.4) is 0 Å². The van der Waals surface area contributed by atoms with E-state index >= 15 is 0 Å². The molecule has 6 nitrogen and oxygen atoms in total. The first-order valence-corrected chi connectivity index (χ1v) is 10.6. The molecule has 0 atom stereocenters. The van der Waals surface area contributed by atoms with Crippen LogP contribution in [0.25, 0.3) is 27.8 Å². The van der Waals surface area contributed by atoms with Gasteiger partial charge < -0.3 is 19.5 Å². The maximum absolute atomic E-state index is 13.5. The lowest BCUT2D eigenvalue weighted by Gasteiger charge is -2.33. The summed E-state index contributed by atoms with van der Waals surface area (Å²) in [7, 11) is 0. The number of halogens is 1. The van der Waals surface area contributed by atoms with Gasteiger partial charge in [-0.2, -0.15) is 0 Å². The number of fused-ring (bicyclic) bond motifs is 1. The number of quaternary nitrogens is 1. The van der Waals surface area contributed by atoms with Gasteiger partial charge in [0.2, 0.25) is 0 Å². The van der Waals surface area contributed by atoms with Crippen molar-refractivity contribution in [3.8, 4) is 16.8 Å². The molecule has 1 aliphatic rings. The third-order valence-electron chi connectivity index (χ3n) is 5.99. The number of nitrogens with one attached hydrogen (secondary N) is 1. The molecule has 3 heterocycles. The van der Waals surface area contributed by atoms with Gasteiger partial charge in [-0.3, -0.25) is 0 Å². The van der Waals surface area contributed by atoms with Crippen molar-refractivity contribution >= 4 is 16.9 Å². The van der Waals surface area contributed by atoms with E-state index in [9.17, 15) is 9.50 Å². The highest BCUT2D eigenvalue weighted by molar-refractivity contribution is 6.02. The summed E-state index contributed by atoms with van der Waals surface area (Å²) >= 11 is 0. The molecule has 2 aromatic heterocycles. The number of hydrogen-bond acceptors (Lipinski definition) is 4. The van der Waals surface area contributed by atoms with Crippen molar-refractivity contribution in [2.24, 2.45) is 0 Å². The molecule has 1 saturated heterocycles. The minimum Gasteiger partial charge on any atom is -0.391 e. The Hall–Kier alpha value is -3.29. The zero-order valence-corrected chi connectivity index (χ0v) is 17.2. The van der Waals surface area contributed by atoms with Gasteiger partial charge in [-0.25, -0.2) is 14.4 Å². The smallest absolute Gasteiger partial charge is 0.150 e. The van der Waals surface area contributed by atoms with E-state index in [1.165, 1.54) is 17.0 Å². The molecule has 0 radical (unpaired) electrons. The van der Waals surface area contributed by atoms with Crippen LogP contribution < -0.4 is 9.80 Å². The van der Waals surface area contributed by atoms with Crippen molar-refractivity contribution in [2.75, 3.05) is 44.2 Å². The molecular weight excluding hydrogens is 393 g/mol. The Morgan fingerprint density at radius 2 is 1.71 bits per heavy atom. The molecule has 1 aliphatic heterocycles. The molecule has 0 saturated carbocycles. The summed E-state index contributed by atoms with van der Waals surface area (Å²) in [6.07, 6.45) is 3.68. The van der Waals surface area contributed by atoms with E-state index < -0.39 is 0 Å². The quantitative estimate of drug-likeness (QED) is 0.520. The zero-order chi connectivity index (χ0) is 21.2. The average molecular weight is 418 g/mol. The van der Waals surface area contributed by atoms with Gasteiger partial charge in [-0.1, -0.05) is 30.3 Å². The molecule has 0 aliphatic carbocycles. The highest BCUT2D eigenvalue weighted by Gasteiger charge is 2.25. The first-order valence-electron chi connectivity index (χ1n) is 10.6. The largest absolute Gasteiger partial charge is 0.391 e. The molecule has 0 amide bonds. The molecule has 0 unspecified atom stereocenters. The van der Waals surface area contributed by atoms with Crippen LogP contribution in [0.4, 0.5) is 10.2 Å². The Kier molecular flexibility index (Phi) is 5.36. The van der Waals surface area contributed by atoms with Crippen molar-refractivity contribution in [2.45, 2.75) is 0 Å². The van der Waals surface area contributed by atoms with Gasteiger partial charge in [0.25, 0.3) is 0 Å². The van der Waals surface area contributed by atoms with E-state index in [0.29, 0.717) is 0 Å². The number of rotatable bonds is 5. The van der Waals surface area contributed by atoms with Crippen LogP contribution in [0.15, 0.2) is 67.1 Å². The molecule has 1 fully saturated rings. The van der Waals surface area contributed by atoms with Gasteiger partial charge in [0, 0.05) is 17.4 Å². The van der Waals surface area contributed by atoms with Gasteiger partial charge >= 0.3 is 0 Å². The molecule has 158 valence electrons. The van der Waals surface area contributed by atoms with Crippen LogP contribution in [0.2, 0.25) is 0 Å². The van der Waals surface area contributed by atoms with Gasteiger partial charge in [0.05, 0.1) is 38.2 Å². The number of hydrogen-bond donors (Lipinski definition) is 2. The van der Waals surface area contributed by atoms with E-state index in [0.717, 1.165) is 66.4 Å². The SMILES string of the molecule is OCC[NH+]1CCN(c2ncnc3c2c(-c2ccccc2)cn3-c2ccc(F)cc2)CC1. The highest BCUT2D eigenvalue weighted by Crippen LogP contribution is 2.36. The van der Waals surface area contributed by atoms with E-state index in [-0.39, 0.29) is 12.4 Å². The zero-order valence-electron chi connectivity index (χ0n) is 17.2. The topological polar surface area (TPSA) is 58.6 Å². The van der Waals surface area contributed by atoms with Crippen LogP contribution in [-0.2, 0) is 0 Å². The third-order valence-corrected chi connectivity index (χ3v) is 5.99. The fourth-order valence-electron chi connectivity index (χ4n) is 4.36.